The van der Waals surface area contributed by atoms with Crippen LogP contribution in [0.25, 0.3) is 0 Å². The van der Waals surface area contributed by atoms with Crippen LogP contribution in [0.1, 0.15) is 20.3 Å². The lowest BCUT2D eigenvalue weighted by molar-refractivity contribution is -0.142. The molecule has 1 heterocycles. The summed E-state index contributed by atoms with van der Waals surface area (Å²) < 4.78 is 0. The maximum Gasteiger partial charge on any atom is 0.242 e. The number of hydrogen-bond donors (Lipinski definition) is 1. The number of nitrogens with zero attached hydrogens (tertiary/aromatic N) is 1. The van der Waals surface area contributed by atoms with E-state index in [-0.39, 0.29) is 22.7 Å². The largest absolute Gasteiger partial charge is 0.353 e. The van der Waals surface area contributed by atoms with Crippen LogP contribution in [0.2, 0.25) is 0 Å². The molecule has 0 radical (unpaired) electrons. The van der Waals surface area contributed by atoms with Gasteiger partial charge in [-0.2, -0.15) is 0 Å². The summed E-state index contributed by atoms with van der Waals surface area (Å²) >= 11 is 3.23. The van der Waals surface area contributed by atoms with Gasteiger partial charge in [0.15, 0.2) is 0 Å². The average molecular weight is 263 g/mol. The molecule has 1 aliphatic heterocycles. The molecule has 5 heteroatoms. The monoisotopic (exact) mass is 262 g/mol. The first-order valence-corrected chi connectivity index (χ1v) is 5.71. The number of halogens is 1. The van der Waals surface area contributed by atoms with Crippen molar-refractivity contribution in [1.82, 2.24) is 10.2 Å². The van der Waals surface area contributed by atoms with Crippen molar-refractivity contribution in [2.75, 3.05) is 13.1 Å². The van der Waals surface area contributed by atoms with E-state index in [9.17, 15) is 9.59 Å². The van der Waals surface area contributed by atoms with Gasteiger partial charge in [0.25, 0.3) is 0 Å². The van der Waals surface area contributed by atoms with E-state index in [1.807, 2.05) is 6.92 Å². The molecule has 4 nitrogen and oxygen atoms in total. The van der Waals surface area contributed by atoms with Crippen molar-refractivity contribution in [3.05, 3.63) is 0 Å². The van der Waals surface area contributed by atoms with Gasteiger partial charge in [-0.25, -0.2) is 0 Å². The predicted molar refractivity (Wildman–Crippen MR) is 57.2 cm³/mol. The highest BCUT2D eigenvalue weighted by Gasteiger charge is 2.32. The third-order valence-electron chi connectivity index (χ3n) is 2.34. The highest BCUT2D eigenvalue weighted by Crippen LogP contribution is 2.13. The van der Waals surface area contributed by atoms with Gasteiger partial charge in [0.05, 0.1) is 4.83 Å². The third kappa shape index (κ3) is 2.26. The molecule has 0 spiro atoms. The van der Waals surface area contributed by atoms with Gasteiger partial charge < -0.3 is 10.2 Å². The molecule has 14 heavy (non-hydrogen) atoms. The summed E-state index contributed by atoms with van der Waals surface area (Å²) in [5, 5.41) is 2.76. The molecule has 1 rings (SSSR count). The van der Waals surface area contributed by atoms with Crippen molar-refractivity contribution in [3.63, 3.8) is 0 Å². The second-order valence-corrected chi connectivity index (χ2v) is 4.74. The van der Waals surface area contributed by atoms with Crippen LogP contribution in [0.15, 0.2) is 0 Å². The lowest BCUT2D eigenvalue weighted by atomic mass is 10.1. The standard InChI is InChI=1S/C9H15BrN2O2/c1-3-7-8(13)11-4-5-12(7)9(14)6(2)10/h6-7H,3-5H2,1-2H3,(H,11,13). The van der Waals surface area contributed by atoms with E-state index in [1.165, 1.54) is 0 Å². The molecule has 80 valence electrons. The summed E-state index contributed by atoms with van der Waals surface area (Å²) in [5.74, 6) is -0.0491. The smallest absolute Gasteiger partial charge is 0.242 e. The topological polar surface area (TPSA) is 49.4 Å². The fourth-order valence-corrected chi connectivity index (χ4v) is 1.88. The molecule has 2 unspecified atom stereocenters. The minimum absolute atomic E-state index is 0.00769. The van der Waals surface area contributed by atoms with Gasteiger partial charge >= 0.3 is 0 Å². The Hall–Kier alpha value is -0.580. The van der Waals surface area contributed by atoms with Crippen molar-refractivity contribution in [3.8, 4) is 0 Å². The van der Waals surface area contributed by atoms with E-state index in [0.717, 1.165) is 0 Å². The Morgan fingerprint density at radius 1 is 1.79 bits per heavy atom. The first-order chi connectivity index (χ1) is 6.57. The second-order valence-electron chi connectivity index (χ2n) is 3.36. The van der Waals surface area contributed by atoms with Gasteiger partial charge in [0.2, 0.25) is 11.8 Å². The van der Waals surface area contributed by atoms with Crippen molar-refractivity contribution >= 4 is 27.7 Å². The van der Waals surface area contributed by atoms with E-state index in [2.05, 4.69) is 21.2 Å². The van der Waals surface area contributed by atoms with Crippen LogP contribution >= 0.6 is 15.9 Å². The zero-order valence-electron chi connectivity index (χ0n) is 8.42. The molecule has 1 saturated heterocycles. The lowest BCUT2D eigenvalue weighted by Gasteiger charge is -2.35. The van der Waals surface area contributed by atoms with Crippen LogP contribution in [0.5, 0.6) is 0 Å². The lowest BCUT2D eigenvalue weighted by Crippen LogP contribution is -2.58. The van der Waals surface area contributed by atoms with Gasteiger partial charge in [-0.1, -0.05) is 22.9 Å². The summed E-state index contributed by atoms with van der Waals surface area (Å²) in [6, 6.07) is -0.295. The molecule has 2 atom stereocenters. The number of hydrogen-bond acceptors (Lipinski definition) is 2. The van der Waals surface area contributed by atoms with Crippen LogP contribution in [0, 0.1) is 0 Å². The summed E-state index contributed by atoms with van der Waals surface area (Å²) in [4.78, 5) is 24.6. The first-order valence-electron chi connectivity index (χ1n) is 4.80. The highest BCUT2D eigenvalue weighted by atomic mass is 79.9. The van der Waals surface area contributed by atoms with E-state index >= 15 is 0 Å². The van der Waals surface area contributed by atoms with Gasteiger partial charge in [-0.15, -0.1) is 0 Å². The van der Waals surface area contributed by atoms with Crippen LogP contribution in [-0.2, 0) is 9.59 Å². The second kappa shape index (κ2) is 4.77. The predicted octanol–water partition coefficient (Wildman–Crippen LogP) is 0.507. The Labute approximate surface area is 92.2 Å². The van der Waals surface area contributed by atoms with Gasteiger partial charge in [-0.05, 0) is 13.3 Å². The maximum absolute atomic E-state index is 11.7. The number of alkyl halides is 1. The molecule has 0 aromatic heterocycles. The van der Waals surface area contributed by atoms with Gasteiger partial charge in [0.1, 0.15) is 6.04 Å². The molecule has 0 aromatic carbocycles. The van der Waals surface area contributed by atoms with E-state index in [1.54, 1.807) is 11.8 Å². The number of amides is 2. The Balaban J connectivity index is 2.74. The maximum atomic E-state index is 11.7. The number of rotatable bonds is 2. The molecule has 1 aliphatic rings. The molecule has 0 bridgehead atoms. The normalized spacial score (nSPS) is 24.4. The average Bonchev–Trinajstić information content (AvgIpc) is 2.16. The summed E-state index contributed by atoms with van der Waals surface area (Å²) in [6.07, 6.45) is 0.664. The number of piperazine rings is 1. The summed E-state index contributed by atoms with van der Waals surface area (Å²) in [7, 11) is 0. The van der Waals surface area contributed by atoms with Gasteiger partial charge in [-0.3, -0.25) is 9.59 Å². The van der Waals surface area contributed by atoms with Crippen LogP contribution in [0.4, 0.5) is 0 Å². The van der Waals surface area contributed by atoms with Gasteiger partial charge in [0, 0.05) is 13.1 Å². The molecule has 1 N–H and O–H groups in total. The zero-order chi connectivity index (χ0) is 10.7. The SMILES string of the molecule is CCC1C(=O)NCCN1C(=O)C(C)Br. The number of nitrogens with one attached hydrogen (secondary N) is 1. The quantitative estimate of drug-likeness (QED) is 0.738. The third-order valence-corrected chi connectivity index (χ3v) is 2.73. The van der Waals surface area contributed by atoms with Crippen molar-refractivity contribution in [1.29, 1.82) is 0 Å². The summed E-state index contributed by atoms with van der Waals surface area (Å²) in [6.45, 7) is 4.86. The van der Waals surface area contributed by atoms with Crippen LogP contribution in [-0.4, -0.2) is 40.7 Å². The van der Waals surface area contributed by atoms with Crippen LogP contribution in [0.3, 0.4) is 0 Å². The Morgan fingerprint density at radius 3 is 2.93 bits per heavy atom. The molecular formula is C9H15BrN2O2. The number of carbonyl (C=O) groups is 2. The first kappa shape index (κ1) is 11.5. The fraction of sp³-hybridized carbons (Fsp3) is 0.778. The van der Waals surface area contributed by atoms with Crippen molar-refractivity contribution in [2.24, 2.45) is 0 Å². The van der Waals surface area contributed by atoms with E-state index < -0.39 is 0 Å². The van der Waals surface area contributed by atoms with Crippen molar-refractivity contribution in [2.45, 2.75) is 31.1 Å². The Morgan fingerprint density at radius 2 is 2.43 bits per heavy atom. The Kier molecular flexibility index (Phi) is 3.92. The molecule has 1 fully saturated rings. The molecule has 0 saturated carbocycles. The molecule has 0 aliphatic carbocycles. The minimum atomic E-state index is -0.295. The molecule has 2 amide bonds. The highest BCUT2D eigenvalue weighted by molar-refractivity contribution is 9.10. The molecule has 0 aromatic rings. The molecular weight excluding hydrogens is 248 g/mol. The minimum Gasteiger partial charge on any atom is -0.353 e. The van der Waals surface area contributed by atoms with Crippen LogP contribution < -0.4 is 5.32 Å². The van der Waals surface area contributed by atoms with E-state index in [4.69, 9.17) is 0 Å². The zero-order valence-corrected chi connectivity index (χ0v) is 10.0. The summed E-state index contributed by atoms with van der Waals surface area (Å²) in [5.41, 5.74) is 0. The van der Waals surface area contributed by atoms with Crippen molar-refractivity contribution < 1.29 is 9.59 Å². The Bertz CT molecular complexity index is 243. The number of carbonyl (C=O) groups excluding carboxylic acids is 2. The van der Waals surface area contributed by atoms with E-state index in [0.29, 0.717) is 19.5 Å². The fourth-order valence-electron chi connectivity index (χ4n) is 1.61.